The molecule has 0 spiro atoms. The Morgan fingerprint density at radius 1 is 1.60 bits per heavy atom. The second-order valence-corrected chi connectivity index (χ2v) is 3.26. The van der Waals surface area contributed by atoms with E-state index < -0.39 is 5.82 Å². The highest BCUT2D eigenvalue weighted by Crippen LogP contribution is 2.22. The first-order valence-electron chi connectivity index (χ1n) is 4.64. The zero-order chi connectivity index (χ0) is 11.3. The molecule has 4 heteroatoms. The maximum atomic E-state index is 13.1. The van der Waals surface area contributed by atoms with E-state index in [0.29, 0.717) is 6.42 Å². The molecule has 0 aliphatic rings. The molecule has 0 fully saturated rings. The number of nitriles is 1. The van der Waals surface area contributed by atoms with Gasteiger partial charge in [-0.15, -0.1) is 0 Å². The molecule has 0 aliphatic heterocycles. The lowest BCUT2D eigenvalue weighted by Gasteiger charge is -2.12. The van der Waals surface area contributed by atoms with E-state index in [1.807, 2.05) is 6.92 Å². The third-order valence-corrected chi connectivity index (χ3v) is 1.96. The largest absolute Gasteiger partial charge is 0.494 e. The number of benzene rings is 1. The van der Waals surface area contributed by atoms with E-state index in [9.17, 15) is 4.39 Å². The van der Waals surface area contributed by atoms with Crippen molar-refractivity contribution in [2.24, 2.45) is 0 Å². The van der Waals surface area contributed by atoms with Crippen LogP contribution in [0.25, 0.3) is 0 Å². The maximum absolute atomic E-state index is 13.1. The van der Waals surface area contributed by atoms with Gasteiger partial charge in [0.2, 0.25) is 0 Å². The van der Waals surface area contributed by atoms with Gasteiger partial charge in [0.05, 0.1) is 19.6 Å². The fourth-order valence-corrected chi connectivity index (χ4v) is 1.22. The molecule has 0 saturated heterocycles. The second-order valence-electron chi connectivity index (χ2n) is 3.26. The summed E-state index contributed by atoms with van der Waals surface area (Å²) in [5.74, 6) is -0.194. The molecule has 0 heterocycles. The van der Waals surface area contributed by atoms with Crippen LogP contribution in [0.1, 0.15) is 13.3 Å². The van der Waals surface area contributed by atoms with Crippen molar-refractivity contribution in [3.05, 3.63) is 24.0 Å². The number of hydrogen-bond donors (Lipinski definition) is 1. The molecule has 0 aliphatic carbocycles. The average Bonchev–Trinajstić information content (AvgIpc) is 2.21. The van der Waals surface area contributed by atoms with Crippen LogP contribution in [-0.2, 0) is 0 Å². The highest BCUT2D eigenvalue weighted by atomic mass is 19.1. The third kappa shape index (κ3) is 3.13. The van der Waals surface area contributed by atoms with E-state index in [1.54, 1.807) is 12.1 Å². The van der Waals surface area contributed by atoms with Crippen molar-refractivity contribution in [2.45, 2.75) is 19.4 Å². The number of rotatable bonds is 4. The van der Waals surface area contributed by atoms with Crippen LogP contribution in [0.15, 0.2) is 18.2 Å². The Hall–Kier alpha value is -1.76. The molecule has 0 aromatic heterocycles. The fraction of sp³-hybridized carbons (Fsp3) is 0.364. The molecule has 1 rings (SSSR count). The first-order valence-corrected chi connectivity index (χ1v) is 4.64. The Kier molecular flexibility index (Phi) is 3.92. The van der Waals surface area contributed by atoms with Crippen LogP contribution in [-0.4, -0.2) is 13.2 Å². The van der Waals surface area contributed by atoms with Gasteiger partial charge in [0.25, 0.3) is 0 Å². The van der Waals surface area contributed by atoms with Crippen LogP contribution < -0.4 is 10.1 Å². The van der Waals surface area contributed by atoms with Gasteiger partial charge in [-0.3, -0.25) is 0 Å². The maximum Gasteiger partial charge on any atom is 0.165 e. The van der Waals surface area contributed by atoms with Crippen molar-refractivity contribution < 1.29 is 9.13 Å². The molecular weight excluding hydrogens is 195 g/mol. The number of anilines is 1. The summed E-state index contributed by atoms with van der Waals surface area (Å²) in [6, 6.07) is 6.62. The molecule has 80 valence electrons. The van der Waals surface area contributed by atoms with Gasteiger partial charge in [-0.2, -0.15) is 5.26 Å². The summed E-state index contributed by atoms with van der Waals surface area (Å²) in [6.45, 7) is 1.89. The Morgan fingerprint density at radius 2 is 2.33 bits per heavy atom. The fourth-order valence-electron chi connectivity index (χ4n) is 1.22. The smallest absolute Gasteiger partial charge is 0.165 e. The zero-order valence-corrected chi connectivity index (χ0v) is 8.75. The molecule has 1 aromatic carbocycles. The van der Waals surface area contributed by atoms with Gasteiger partial charge < -0.3 is 10.1 Å². The number of methoxy groups -OCH3 is 1. The van der Waals surface area contributed by atoms with Gasteiger partial charge >= 0.3 is 0 Å². The summed E-state index contributed by atoms with van der Waals surface area (Å²) in [5.41, 5.74) is 0.746. The van der Waals surface area contributed by atoms with Crippen LogP contribution in [0, 0.1) is 17.1 Å². The van der Waals surface area contributed by atoms with E-state index in [2.05, 4.69) is 11.4 Å². The van der Waals surface area contributed by atoms with Crippen LogP contribution in [0.3, 0.4) is 0 Å². The molecule has 1 unspecified atom stereocenters. The van der Waals surface area contributed by atoms with Gasteiger partial charge in [0.1, 0.15) is 0 Å². The van der Waals surface area contributed by atoms with Gasteiger partial charge in [0.15, 0.2) is 11.6 Å². The molecule has 0 amide bonds. The van der Waals surface area contributed by atoms with Gasteiger partial charge in [-0.05, 0) is 19.1 Å². The molecule has 15 heavy (non-hydrogen) atoms. The normalized spacial score (nSPS) is 11.6. The Morgan fingerprint density at radius 3 is 2.93 bits per heavy atom. The van der Waals surface area contributed by atoms with Crippen molar-refractivity contribution in [1.29, 1.82) is 5.26 Å². The number of halogens is 1. The topological polar surface area (TPSA) is 45.0 Å². The molecule has 0 bridgehead atoms. The third-order valence-electron chi connectivity index (χ3n) is 1.96. The lowest BCUT2D eigenvalue weighted by molar-refractivity contribution is 0.387. The number of ether oxygens (including phenoxy) is 1. The molecule has 1 aromatic rings. The molecule has 0 saturated carbocycles. The minimum Gasteiger partial charge on any atom is -0.494 e. The predicted octanol–water partition coefficient (Wildman–Crippen LogP) is 2.55. The van der Waals surface area contributed by atoms with Crippen molar-refractivity contribution in [2.75, 3.05) is 12.4 Å². The van der Waals surface area contributed by atoms with E-state index in [-0.39, 0.29) is 11.8 Å². The summed E-state index contributed by atoms with van der Waals surface area (Å²) >= 11 is 0. The summed E-state index contributed by atoms with van der Waals surface area (Å²) in [4.78, 5) is 0. The van der Waals surface area contributed by atoms with Crippen LogP contribution in [0.4, 0.5) is 10.1 Å². The van der Waals surface area contributed by atoms with E-state index in [4.69, 9.17) is 10.00 Å². The minimum atomic E-state index is -0.393. The van der Waals surface area contributed by atoms with Crippen LogP contribution >= 0.6 is 0 Å². The van der Waals surface area contributed by atoms with E-state index in [0.717, 1.165) is 5.69 Å². The van der Waals surface area contributed by atoms with Crippen molar-refractivity contribution in [1.82, 2.24) is 0 Å². The van der Waals surface area contributed by atoms with Crippen LogP contribution in [0.5, 0.6) is 5.75 Å². The SMILES string of the molecule is COc1cc(NC(C)CC#N)ccc1F. The lowest BCUT2D eigenvalue weighted by Crippen LogP contribution is -2.14. The molecule has 0 radical (unpaired) electrons. The first-order chi connectivity index (χ1) is 7.17. The first kappa shape index (κ1) is 11.3. The summed E-state index contributed by atoms with van der Waals surface area (Å²) < 4.78 is 17.9. The predicted molar refractivity (Wildman–Crippen MR) is 56.3 cm³/mol. The summed E-state index contributed by atoms with van der Waals surface area (Å²) in [5, 5.41) is 11.6. The van der Waals surface area contributed by atoms with Gasteiger partial charge in [-0.25, -0.2) is 4.39 Å². The van der Waals surface area contributed by atoms with Crippen molar-refractivity contribution in [3.63, 3.8) is 0 Å². The quantitative estimate of drug-likeness (QED) is 0.827. The van der Waals surface area contributed by atoms with E-state index >= 15 is 0 Å². The molecule has 1 atom stereocenters. The summed E-state index contributed by atoms with van der Waals surface area (Å²) in [7, 11) is 1.42. The Balaban J connectivity index is 2.75. The number of nitrogens with zero attached hydrogens (tertiary/aromatic N) is 1. The highest BCUT2D eigenvalue weighted by molar-refractivity contribution is 5.49. The number of hydrogen-bond acceptors (Lipinski definition) is 3. The lowest BCUT2D eigenvalue weighted by atomic mass is 10.2. The Bertz CT molecular complexity index is 373. The number of nitrogens with one attached hydrogen (secondary N) is 1. The van der Waals surface area contributed by atoms with Gasteiger partial charge in [0, 0.05) is 17.8 Å². The minimum absolute atomic E-state index is 0.0326. The molecular formula is C11H13FN2O. The van der Waals surface area contributed by atoms with Crippen molar-refractivity contribution in [3.8, 4) is 11.8 Å². The molecule has 3 nitrogen and oxygen atoms in total. The Labute approximate surface area is 88.5 Å². The van der Waals surface area contributed by atoms with Crippen molar-refractivity contribution >= 4 is 5.69 Å². The van der Waals surface area contributed by atoms with Crippen LogP contribution in [0.2, 0.25) is 0 Å². The van der Waals surface area contributed by atoms with E-state index in [1.165, 1.54) is 13.2 Å². The zero-order valence-electron chi connectivity index (χ0n) is 8.75. The standard InChI is InChI=1S/C11H13FN2O/c1-8(5-6-13)14-9-3-4-10(12)11(7-9)15-2/h3-4,7-8,14H,5H2,1-2H3. The monoisotopic (exact) mass is 208 g/mol. The molecule has 1 N–H and O–H groups in total. The second kappa shape index (κ2) is 5.20. The average molecular weight is 208 g/mol. The summed E-state index contributed by atoms with van der Waals surface area (Å²) in [6.07, 6.45) is 0.402. The highest BCUT2D eigenvalue weighted by Gasteiger charge is 2.05. The van der Waals surface area contributed by atoms with Gasteiger partial charge in [-0.1, -0.05) is 0 Å².